The minimum Gasteiger partial charge on any atom is -0.490 e. The van der Waals surface area contributed by atoms with E-state index < -0.39 is 0 Å². The van der Waals surface area contributed by atoms with Crippen molar-refractivity contribution in [3.63, 3.8) is 0 Å². The highest BCUT2D eigenvalue weighted by molar-refractivity contribution is 5.30. The van der Waals surface area contributed by atoms with Crippen molar-refractivity contribution >= 4 is 0 Å². The third kappa shape index (κ3) is 5.66. The van der Waals surface area contributed by atoms with Crippen LogP contribution < -0.4 is 4.74 Å². The van der Waals surface area contributed by atoms with Crippen LogP contribution in [0.4, 0.5) is 0 Å². The lowest BCUT2D eigenvalue weighted by atomic mass is 9.70. The minimum absolute atomic E-state index is 0.130. The second-order valence-corrected chi connectivity index (χ2v) is 10.1. The summed E-state index contributed by atoms with van der Waals surface area (Å²) in [6.45, 7) is 4.29. The van der Waals surface area contributed by atoms with E-state index in [0.717, 1.165) is 30.8 Å². The average molecular weight is 462 g/mol. The highest BCUT2D eigenvalue weighted by Crippen LogP contribution is 2.43. The SMILES string of the molecule is CC[C@H](C[C@H](C)c1nn[nH]n1)Oc1cccc(CC2CCC(c3ccccc3)(N(C)C)CC2)c1. The summed E-state index contributed by atoms with van der Waals surface area (Å²) in [5, 5.41) is 14.5. The molecule has 0 saturated heterocycles. The Morgan fingerprint density at radius 1 is 1.09 bits per heavy atom. The van der Waals surface area contributed by atoms with Gasteiger partial charge in [0.15, 0.2) is 5.82 Å². The van der Waals surface area contributed by atoms with E-state index in [-0.39, 0.29) is 17.6 Å². The molecule has 1 N–H and O–H groups in total. The van der Waals surface area contributed by atoms with Crippen LogP contribution in [-0.2, 0) is 12.0 Å². The molecule has 0 amide bonds. The molecule has 1 heterocycles. The van der Waals surface area contributed by atoms with Crippen LogP contribution in [-0.4, -0.2) is 45.7 Å². The molecule has 34 heavy (non-hydrogen) atoms. The Hall–Kier alpha value is -2.73. The quantitative estimate of drug-likeness (QED) is 0.417. The van der Waals surface area contributed by atoms with E-state index in [1.165, 1.54) is 36.8 Å². The predicted molar refractivity (Wildman–Crippen MR) is 136 cm³/mol. The molecule has 1 aliphatic carbocycles. The second-order valence-electron chi connectivity index (χ2n) is 10.1. The van der Waals surface area contributed by atoms with E-state index in [4.69, 9.17) is 4.74 Å². The fourth-order valence-electron chi connectivity index (χ4n) is 5.55. The van der Waals surface area contributed by atoms with Crippen LogP contribution in [0, 0.1) is 5.92 Å². The van der Waals surface area contributed by atoms with E-state index >= 15 is 0 Å². The van der Waals surface area contributed by atoms with E-state index in [1.54, 1.807) is 0 Å². The summed E-state index contributed by atoms with van der Waals surface area (Å²) in [6, 6.07) is 19.8. The first kappa shape index (κ1) is 24.4. The van der Waals surface area contributed by atoms with Gasteiger partial charge in [-0.1, -0.05) is 61.5 Å². The molecular weight excluding hydrogens is 422 g/mol. The van der Waals surface area contributed by atoms with Gasteiger partial charge in [-0.2, -0.15) is 5.21 Å². The van der Waals surface area contributed by atoms with Gasteiger partial charge in [-0.15, -0.1) is 10.2 Å². The summed E-state index contributed by atoms with van der Waals surface area (Å²) in [6.07, 6.45) is 7.97. The highest BCUT2D eigenvalue weighted by Gasteiger charge is 2.38. The molecule has 0 bridgehead atoms. The van der Waals surface area contributed by atoms with Gasteiger partial charge < -0.3 is 4.74 Å². The van der Waals surface area contributed by atoms with E-state index in [9.17, 15) is 0 Å². The van der Waals surface area contributed by atoms with Gasteiger partial charge in [0.25, 0.3) is 0 Å². The van der Waals surface area contributed by atoms with Gasteiger partial charge in [0, 0.05) is 11.5 Å². The zero-order valence-corrected chi connectivity index (χ0v) is 21.1. The van der Waals surface area contributed by atoms with Crippen LogP contribution in [0.2, 0.25) is 0 Å². The Morgan fingerprint density at radius 3 is 2.50 bits per heavy atom. The summed E-state index contributed by atoms with van der Waals surface area (Å²) in [5.74, 6) is 2.63. The molecule has 6 heteroatoms. The molecule has 4 rings (SSSR count). The van der Waals surface area contributed by atoms with Gasteiger partial charge in [-0.25, -0.2) is 0 Å². The first-order valence-electron chi connectivity index (χ1n) is 12.7. The van der Waals surface area contributed by atoms with Crippen molar-refractivity contribution in [2.45, 2.75) is 76.4 Å². The maximum Gasteiger partial charge on any atom is 0.177 e. The molecule has 1 fully saturated rings. The molecule has 0 spiro atoms. The number of tetrazole rings is 1. The summed E-state index contributed by atoms with van der Waals surface area (Å²) >= 11 is 0. The van der Waals surface area contributed by atoms with Gasteiger partial charge in [0.1, 0.15) is 5.75 Å². The molecule has 0 unspecified atom stereocenters. The number of benzene rings is 2. The maximum absolute atomic E-state index is 6.39. The summed E-state index contributed by atoms with van der Waals surface area (Å²) in [4.78, 5) is 2.44. The molecule has 182 valence electrons. The minimum atomic E-state index is 0.130. The van der Waals surface area contributed by atoms with E-state index in [2.05, 4.69) is 108 Å². The van der Waals surface area contributed by atoms with Crippen molar-refractivity contribution in [1.29, 1.82) is 0 Å². The summed E-state index contributed by atoms with van der Waals surface area (Å²) in [5.41, 5.74) is 2.99. The molecule has 2 atom stereocenters. The van der Waals surface area contributed by atoms with E-state index in [0.29, 0.717) is 5.92 Å². The van der Waals surface area contributed by atoms with Crippen molar-refractivity contribution in [1.82, 2.24) is 25.5 Å². The molecule has 1 aliphatic rings. The monoisotopic (exact) mass is 461 g/mol. The molecule has 1 aromatic heterocycles. The zero-order valence-electron chi connectivity index (χ0n) is 21.1. The number of nitrogens with zero attached hydrogens (tertiary/aromatic N) is 4. The Morgan fingerprint density at radius 2 is 1.85 bits per heavy atom. The van der Waals surface area contributed by atoms with E-state index in [1.807, 2.05) is 0 Å². The third-order valence-electron chi connectivity index (χ3n) is 7.70. The van der Waals surface area contributed by atoms with Crippen molar-refractivity contribution in [2.75, 3.05) is 14.1 Å². The number of hydrogen-bond donors (Lipinski definition) is 1. The average Bonchev–Trinajstić information content (AvgIpc) is 3.40. The fraction of sp³-hybridized carbons (Fsp3) is 0.536. The first-order valence-corrected chi connectivity index (χ1v) is 12.7. The number of aromatic nitrogens is 4. The lowest BCUT2D eigenvalue weighted by molar-refractivity contribution is 0.0772. The molecule has 3 aromatic rings. The zero-order chi connectivity index (χ0) is 24.0. The number of aromatic amines is 1. The topological polar surface area (TPSA) is 66.9 Å². The third-order valence-corrected chi connectivity index (χ3v) is 7.70. The van der Waals surface area contributed by atoms with Crippen LogP contribution in [0.25, 0.3) is 0 Å². The fourth-order valence-corrected chi connectivity index (χ4v) is 5.55. The molecular formula is C28H39N5O. The highest BCUT2D eigenvalue weighted by atomic mass is 16.5. The Bertz CT molecular complexity index is 997. The Labute approximate surface area is 204 Å². The Kier molecular flexibility index (Phi) is 7.99. The number of nitrogens with one attached hydrogen (secondary N) is 1. The number of H-pyrrole nitrogens is 1. The largest absolute Gasteiger partial charge is 0.490 e. The first-order chi connectivity index (χ1) is 16.5. The lowest BCUT2D eigenvalue weighted by Crippen LogP contribution is -2.44. The van der Waals surface area contributed by atoms with Gasteiger partial charge in [0.05, 0.1) is 6.10 Å². The predicted octanol–water partition coefficient (Wildman–Crippen LogP) is 5.74. The van der Waals surface area contributed by atoms with Crippen molar-refractivity contribution in [2.24, 2.45) is 5.92 Å². The number of ether oxygens (including phenoxy) is 1. The van der Waals surface area contributed by atoms with Crippen molar-refractivity contribution in [3.05, 3.63) is 71.5 Å². The molecule has 0 aliphatic heterocycles. The van der Waals surface area contributed by atoms with Crippen LogP contribution in [0.1, 0.15) is 75.2 Å². The lowest BCUT2D eigenvalue weighted by Gasteiger charge is -2.45. The van der Waals surface area contributed by atoms with Gasteiger partial charge in [-0.05, 0) is 88.2 Å². The Balaban J connectivity index is 1.35. The van der Waals surface area contributed by atoms with Crippen LogP contribution in [0.15, 0.2) is 54.6 Å². The molecule has 6 nitrogen and oxygen atoms in total. The number of hydrogen-bond acceptors (Lipinski definition) is 5. The van der Waals surface area contributed by atoms with Crippen LogP contribution in [0.3, 0.4) is 0 Å². The van der Waals surface area contributed by atoms with Gasteiger partial charge in [0.2, 0.25) is 0 Å². The van der Waals surface area contributed by atoms with Crippen molar-refractivity contribution in [3.8, 4) is 5.75 Å². The second kappa shape index (κ2) is 11.1. The van der Waals surface area contributed by atoms with Gasteiger partial charge in [-0.3, -0.25) is 4.90 Å². The van der Waals surface area contributed by atoms with Crippen LogP contribution in [0.5, 0.6) is 5.75 Å². The maximum atomic E-state index is 6.39. The van der Waals surface area contributed by atoms with Crippen molar-refractivity contribution < 1.29 is 4.74 Å². The summed E-state index contributed by atoms with van der Waals surface area (Å²) in [7, 11) is 4.47. The normalized spacial score (nSPS) is 22.4. The summed E-state index contributed by atoms with van der Waals surface area (Å²) < 4.78 is 6.39. The molecule has 0 radical (unpaired) electrons. The van der Waals surface area contributed by atoms with Crippen LogP contribution >= 0.6 is 0 Å². The smallest absolute Gasteiger partial charge is 0.177 e. The van der Waals surface area contributed by atoms with Gasteiger partial charge >= 0.3 is 0 Å². The molecule has 1 saturated carbocycles. The number of rotatable bonds is 10. The standard InChI is InChI=1S/C28H39N5O/c1-5-25(18-21(2)27-29-31-32-30-27)34-26-13-9-10-23(20-26)19-22-14-16-28(17-15-22,33(3)4)24-11-7-6-8-12-24/h6-13,20-22,25H,5,14-19H2,1-4H3,(H,29,30,31,32)/t21-,22?,25+,28?/m0/s1. The molecule has 2 aromatic carbocycles.